The summed E-state index contributed by atoms with van der Waals surface area (Å²) < 4.78 is 5.95. The van der Waals surface area contributed by atoms with Crippen LogP contribution in [0.5, 0.6) is 5.88 Å². The van der Waals surface area contributed by atoms with E-state index in [1.54, 1.807) is 6.07 Å². The number of carbonyl (C=O) groups excluding carboxylic acids is 1. The van der Waals surface area contributed by atoms with Crippen LogP contribution in [-0.4, -0.2) is 37.6 Å². The summed E-state index contributed by atoms with van der Waals surface area (Å²) in [6, 6.07) is 13.7. The van der Waals surface area contributed by atoms with Crippen molar-refractivity contribution in [2.24, 2.45) is 5.73 Å². The van der Waals surface area contributed by atoms with E-state index >= 15 is 0 Å². The van der Waals surface area contributed by atoms with Crippen molar-refractivity contribution in [2.75, 3.05) is 6.61 Å². The molecule has 9 nitrogen and oxygen atoms in total. The van der Waals surface area contributed by atoms with E-state index < -0.39 is 5.41 Å². The van der Waals surface area contributed by atoms with Gasteiger partial charge in [-0.15, -0.1) is 0 Å². The van der Waals surface area contributed by atoms with Gasteiger partial charge in [0, 0.05) is 29.1 Å². The molecule has 1 aromatic carbocycles. The van der Waals surface area contributed by atoms with E-state index in [2.05, 4.69) is 36.2 Å². The van der Waals surface area contributed by atoms with Crippen LogP contribution >= 0.6 is 0 Å². The van der Waals surface area contributed by atoms with Gasteiger partial charge in [-0.1, -0.05) is 32.0 Å². The molecule has 1 atom stereocenters. The first kappa shape index (κ1) is 25.8. The summed E-state index contributed by atoms with van der Waals surface area (Å²) in [6.45, 7) is 5.45. The first-order valence-electron chi connectivity index (χ1n) is 14.4. The molecule has 1 fully saturated rings. The molecular weight excluding hydrogens is 516 g/mol. The molecular formula is C32H34N6O3. The molecule has 3 N–H and O–H groups in total. The number of ether oxygens (including phenoxy) is 1. The number of aromatic amines is 1. The Balaban J connectivity index is 1.30. The Morgan fingerprint density at radius 2 is 2.02 bits per heavy atom. The molecule has 1 aliphatic heterocycles. The van der Waals surface area contributed by atoms with Crippen molar-refractivity contribution in [3.05, 3.63) is 92.8 Å². The van der Waals surface area contributed by atoms with Crippen LogP contribution in [0, 0.1) is 0 Å². The maximum Gasteiger partial charge on any atom is 0.272 e. The van der Waals surface area contributed by atoms with Gasteiger partial charge >= 0.3 is 0 Å². The molecule has 9 heteroatoms. The number of H-pyrrole nitrogens is 1. The lowest BCUT2D eigenvalue weighted by molar-refractivity contribution is -0.137. The molecule has 41 heavy (non-hydrogen) atoms. The highest BCUT2D eigenvalue weighted by Gasteiger charge is 2.54. The minimum absolute atomic E-state index is 0.0657. The monoisotopic (exact) mass is 550 g/mol. The first-order chi connectivity index (χ1) is 19.8. The summed E-state index contributed by atoms with van der Waals surface area (Å²) in [7, 11) is 0. The van der Waals surface area contributed by atoms with Crippen LogP contribution in [0.25, 0.3) is 10.8 Å². The molecule has 0 saturated heterocycles. The van der Waals surface area contributed by atoms with Crippen molar-refractivity contribution in [3.63, 3.8) is 0 Å². The molecule has 1 saturated carbocycles. The highest BCUT2D eigenvalue weighted by atomic mass is 16.5. The number of aryl methyl sites for hydroxylation is 1. The predicted molar refractivity (Wildman–Crippen MR) is 154 cm³/mol. The summed E-state index contributed by atoms with van der Waals surface area (Å²) in [5.74, 6) is 0.723. The lowest BCUT2D eigenvalue weighted by Crippen LogP contribution is -2.43. The molecule has 1 unspecified atom stereocenters. The van der Waals surface area contributed by atoms with Gasteiger partial charge in [-0.2, -0.15) is 5.10 Å². The van der Waals surface area contributed by atoms with Gasteiger partial charge < -0.3 is 15.4 Å². The topological polar surface area (TPSA) is 127 Å². The minimum Gasteiger partial charge on any atom is -0.477 e. The average Bonchev–Trinajstić information content (AvgIpc) is 3.75. The molecule has 4 aromatic rings. The molecule has 3 aromatic heterocycles. The Labute approximate surface area is 238 Å². The zero-order valence-corrected chi connectivity index (χ0v) is 23.4. The summed E-state index contributed by atoms with van der Waals surface area (Å²) in [5, 5.41) is 7.91. The van der Waals surface area contributed by atoms with Crippen molar-refractivity contribution in [3.8, 4) is 5.88 Å². The Kier molecular flexibility index (Phi) is 5.97. The largest absolute Gasteiger partial charge is 0.477 e. The fourth-order valence-corrected chi connectivity index (χ4v) is 6.60. The Bertz CT molecular complexity index is 1740. The standard InChI is InChI=1S/C32H34N6O3/c1-31(2)18-41-29-24(31)11-9-21(35-29)17-38(26-7-3-5-19-6-4-14-34-27(19)26)30(40)32(12-13-32)20-8-10-22-23(15-20)25(16-33)36-37-28(22)39/h4,6,8-11,14-15,26H,3,5,7,12-13,16-18,33H2,1-2H3,(H,37,39). The highest BCUT2D eigenvalue weighted by molar-refractivity contribution is 5.94. The number of hydrogen-bond acceptors (Lipinski definition) is 7. The summed E-state index contributed by atoms with van der Waals surface area (Å²) in [4.78, 5) is 38.9. The van der Waals surface area contributed by atoms with Crippen molar-refractivity contribution >= 4 is 16.7 Å². The number of benzene rings is 1. The maximum atomic E-state index is 14.8. The zero-order valence-electron chi connectivity index (χ0n) is 23.4. The Morgan fingerprint density at radius 3 is 2.83 bits per heavy atom. The van der Waals surface area contributed by atoms with Crippen LogP contribution in [0.1, 0.15) is 79.3 Å². The van der Waals surface area contributed by atoms with Gasteiger partial charge in [0.1, 0.15) is 0 Å². The summed E-state index contributed by atoms with van der Waals surface area (Å²) in [6.07, 6.45) is 6.08. The second-order valence-corrected chi connectivity index (χ2v) is 12.3. The van der Waals surface area contributed by atoms with Gasteiger partial charge in [0.2, 0.25) is 11.8 Å². The zero-order chi connectivity index (χ0) is 28.4. The van der Waals surface area contributed by atoms with Crippen molar-refractivity contribution < 1.29 is 9.53 Å². The quantitative estimate of drug-likeness (QED) is 0.372. The van der Waals surface area contributed by atoms with Crippen LogP contribution < -0.4 is 16.0 Å². The Hall–Kier alpha value is -4.11. The second kappa shape index (κ2) is 9.48. The highest BCUT2D eigenvalue weighted by Crippen LogP contribution is 2.52. The van der Waals surface area contributed by atoms with E-state index in [1.807, 2.05) is 35.4 Å². The molecule has 0 spiro atoms. The van der Waals surface area contributed by atoms with Gasteiger partial charge in [-0.25, -0.2) is 10.1 Å². The van der Waals surface area contributed by atoms with Crippen LogP contribution in [-0.2, 0) is 35.1 Å². The number of hydrogen-bond donors (Lipinski definition) is 2. The molecule has 1 amide bonds. The fraction of sp³-hybridized carbons (Fsp3) is 0.406. The SMILES string of the molecule is CC1(C)COc2nc(CN(C(=O)C3(c4ccc5c(=O)[nH]nc(CN)c5c4)CC3)C3CCCc4cccnc43)ccc21. The minimum atomic E-state index is -0.676. The van der Waals surface area contributed by atoms with Gasteiger partial charge in [-0.05, 0) is 67.5 Å². The van der Waals surface area contributed by atoms with Crippen LogP contribution in [0.2, 0.25) is 0 Å². The first-order valence-corrected chi connectivity index (χ1v) is 14.4. The smallest absolute Gasteiger partial charge is 0.272 e. The van der Waals surface area contributed by atoms with Gasteiger partial charge in [0.15, 0.2) is 0 Å². The number of aromatic nitrogens is 4. The molecule has 3 aliphatic rings. The lowest BCUT2D eigenvalue weighted by Gasteiger charge is -2.37. The molecule has 2 aliphatic carbocycles. The normalized spacial score (nSPS) is 19.7. The fourth-order valence-electron chi connectivity index (χ4n) is 6.60. The number of nitrogens with one attached hydrogen (secondary N) is 1. The molecule has 210 valence electrons. The summed E-state index contributed by atoms with van der Waals surface area (Å²) >= 11 is 0. The molecule has 0 radical (unpaired) electrons. The molecule has 0 bridgehead atoms. The van der Waals surface area contributed by atoms with E-state index in [1.165, 1.54) is 5.56 Å². The van der Waals surface area contributed by atoms with Gasteiger partial charge in [0.25, 0.3) is 5.56 Å². The van der Waals surface area contributed by atoms with Gasteiger partial charge in [-0.3, -0.25) is 14.6 Å². The summed E-state index contributed by atoms with van der Waals surface area (Å²) in [5.41, 5.74) is 10.5. The number of nitrogens with two attached hydrogens (primary N) is 1. The van der Waals surface area contributed by atoms with E-state index in [0.717, 1.165) is 54.6 Å². The van der Waals surface area contributed by atoms with E-state index in [-0.39, 0.29) is 29.5 Å². The van der Waals surface area contributed by atoms with Crippen molar-refractivity contribution in [1.29, 1.82) is 0 Å². The van der Waals surface area contributed by atoms with E-state index in [9.17, 15) is 9.59 Å². The number of amides is 1. The third kappa shape index (κ3) is 4.22. The van der Waals surface area contributed by atoms with Gasteiger partial charge in [0.05, 0.1) is 47.1 Å². The third-order valence-electron chi connectivity index (χ3n) is 9.12. The number of nitrogens with zero attached hydrogens (tertiary/aromatic N) is 4. The van der Waals surface area contributed by atoms with Crippen molar-refractivity contribution in [1.82, 2.24) is 25.1 Å². The van der Waals surface area contributed by atoms with Crippen LogP contribution in [0.3, 0.4) is 0 Å². The number of pyridine rings is 2. The van der Waals surface area contributed by atoms with Crippen molar-refractivity contribution in [2.45, 2.75) is 75.9 Å². The number of fused-ring (bicyclic) bond motifs is 3. The number of carbonyl (C=O) groups is 1. The van der Waals surface area contributed by atoms with E-state index in [4.69, 9.17) is 20.4 Å². The second-order valence-electron chi connectivity index (χ2n) is 12.3. The molecule has 4 heterocycles. The lowest BCUT2D eigenvalue weighted by atomic mass is 9.87. The third-order valence-corrected chi connectivity index (χ3v) is 9.12. The number of rotatable bonds is 6. The van der Waals surface area contributed by atoms with E-state index in [0.29, 0.717) is 35.5 Å². The Morgan fingerprint density at radius 1 is 1.17 bits per heavy atom. The van der Waals surface area contributed by atoms with Crippen LogP contribution in [0.4, 0.5) is 0 Å². The average molecular weight is 551 g/mol. The maximum absolute atomic E-state index is 14.8. The predicted octanol–water partition coefficient (Wildman–Crippen LogP) is 3.98. The van der Waals surface area contributed by atoms with Crippen LogP contribution in [0.15, 0.2) is 53.5 Å². The molecule has 7 rings (SSSR count).